The third-order valence-corrected chi connectivity index (χ3v) is 3.48. The molecular formula is C17H19ClO3. The van der Waals surface area contributed by atoms with Crippen LogP contribution in [0.4, 0.5) is 0 Å². The smallest absolute Gasteiger partial charge is 0.125 e. The van der Waals surface area contributed by atoms with Crippen LogP contribution in [-0.4, -0.2) is 12.2 Å². The van der Waals surface area contributed by atoms with Crippen molar-refractivity contribution in [3.8, 4) is 11.5 Å². The summed E-state index contributed by atoms with van der Waals surface area (Å²) in [4.78, 5) is 0. The van der Waals surface area contributed by atoms with Crippen LogP contribution in [0.3, 0.4) is 0 Å². The molecule has 0 saturated heterocycles. The van der Waals surface area contributed by atoms with E-state index < -0.39 is 6.10 Å². The zero-order chi connectivity index (χ0) is 15.4. The number of rotatable bonds is 5. The summed E-state index contributed by atoms with van der Waals surface area (Å²) in [6.07, 6.45) is -0.582. The number of aryl methyl sites for hydroxylation is 1. The third kappa shape index (κ3) is 3.90. The van der Waals surface area contributed by atoms with Gasteiger partial charge in [-0.25, -0.2) is 0 Å². The van der Waals surface area contributed by atoms with Gasteiger partial charge in [-0.1, -0.05) is 23.7 Å². The van der Waals surface area contributed by atoms with Crippen molar-refractivity contribution in [2.24, 2.45) is 0 Å². The first-order valence-corrected chi connectivity index (χ1v) is 7.13. The van der Waals surface area contributed by atoms with Gasteiger partial charge in [0.05, 0.1) is 13.2 Å². The molecule has 0 bridgehead atoms. The van der Waals surface area contributed by atoms with E-state index in [-0.39, 0.29) is 0 Å². The molecule has 0 aliphatic carbocycles. The Kier molecular flexibility index (Phi) is 5.10. The lowest BCUT2D eigenvalue weighted by molar-refractivity contribution is 0.190. The number of aliphatic hydroxyl groups is 1. The Morgan fingerprint density at radius 3 is 2.57 bits per heavy atom. The lowest BCUT2D eigenvalue weighted by Gasteiger charge is -2.15. The Balaban J connectivity index is 2.24. The highest BCUT2D eigenvalue weighted by atomic mass is 35.5. The van der Waals surface area contributed by atoms with Gasteiger partial charge >= 0.3 is 0 Å². The van der Waals surface area contributed by atoms with E-state index in [0.717, 1.165) is 22.4 Å². The summed E-state index contributed by atoms with van der Waals surface area (Å²) in [6, 6.07) is 11.2. The summed E-state index contributed by atoms with van der Waals surface area (Å²) in [6.45, 7) is 4.03. The average Bonchev–Trinajstić information content (AvgIpc) is 2.45. The molecule has 2 rings (SSSR count). The van der Waals surface area contributed by atoms with Crippen LogP contribution >= 0.6 is 11.6 Å². The number of benzene rings is 2. The van der Waals surface area contributed by atoms with Gasteiger partial charge in [-0.05, 0) is 43.7 Å². The molecule has 0 spiro atoms. The molecule has 4 heteroatoms. The maximum Gasteiger partial charge on any atom is 0.125 e. The highest BCUT2D eigenvalue weighted by Crippen LogP contribution is 2.29. The van der Waals surface area contributed by atoms with Crippen molar-refractivity contribution in [3.05, 3.63) is 58.1 Å². The van der Waals surface area contributed by atoms with Gasteiger partial charge in [0.2, 0.25) is 0 Å². The van der Waals surface area contributed by atoms with Gasteiger partial charge in [0.15, 0.2) is 0 Å². The van der Waals surface area contributed by atoms with Crippen molar-refractivity contribution >= 4 is 11.6 Å². The van der Waals surface area contributed by atoms with Crippen LogP contribution in [0.2, 0.25) is 5.02 Å². The number of ether oxygens (including phenoxy) is 2. The van der Waals surface area contributed by atoms with Gasteiger partial charge in [-0.3, -0.25) is 0 Å². The minimum Gasteiger partial charge on any atom is -0.496 e. The Labute approximate surface area is 130 Å². The number of hydrogen-bond donors (Lipinski definition) is 1. The van der Waals surface area contributed by atoms with Gasteiger partial charge in [0, 0.05) is 16.1 Å². The Morgan fingerprint density at radius 1 is 1.14 bits per heavy atom. The number of methoxy groups -OCH3 is 1. The summed E-state index contributed by atoms with van der Waals surface area (Å²) in [7, 11) is 1.61. The molecule has 0 aliphatic heterocycles. The molecule has 21 heavy (non-hydrogen) atoms. The summed E-state index contributed by atoms with van der Waals surface area (Å²) in [5.41, 5.74) is 2.71. The molecule has 2 aromatic carbocycles. The zero-order valence-corrected chi connectivity index (χ0v) is 13.1. The van der Waals surface area contributed by atoms with Gasteiger partial charge in [0.25, 0.3) is 0 Å². The Bertz CT molecular complexity index is 623. The lowest BCUT2D eigenvalue weighted by atomic mass is 10.1. The summed E-state index contributed by atoms with van der Waals surface area (Å²) in [5.74, 6) is 1.40. The second kappa shape index (κ2) is 6.83. The molecule has 0 fully saturated rings. The van der Waals surface area contributed by atoms with Crippen LogP contribution < -0.4 is 9.47 Å². The average molecular weight is 307 g/mol. The highest BCUT2D eigenvalue weighted by molar-refractivity contribution is 6.30. The predicted octanol–water partition coefficient (Wildman–Crippen LogP) is 4.29. The quantitative estimate of drug-likeness (QED) is 0.895. The van der Waals surface area contributed by atoms with E-state index in [0.29, 0.717) is 17.4 Å². The summed E-state index contributed by atoms with van der Waals surface area (Å²) >= 11 is 6.01. The highest BCUT2D eigenvalue weighted by Gasteiger charge is 2.11. The van der Waals surface area contributed by atoms with Crippen LogP contribution in [0.15, 0.2) is 36.4 Å². The lowest BCUT2D eigenvalue weighted by Crippen LogP contribution is -2.03. The van der Waals surface area contributed by atoms with E-state index >= 15 is 0 Å². The fourth-order valence-corrected chi connectivity index (χ4v) is 2.32. The normalized spacial score (nSPS) is 12.0. The standard InChI is InChI=1S/C17H19ClO3/c1-11-4-6-15(12(2)19)17(8-11)21-10-13-9-14(18)5-7-16(13)20-3/h4-9,12,19H,10H2,1-3H3/t12-/m0/s1. The molecule has 112 valence electrons. The molecule has 2 aromatic rings. The van der Waals surface area contributed by atoms with Crippen molar-refractivity contribution in [1.82, 2.24) is 0 Å². The molecule has 0 radical (unpaired) electrons. The summed E-state index contributed by atoms with van der Waals surface area (Å²) < 4.78 is 11.2. The van der Waals surface area contributed by atoms with Crippen LogP contribution in [0.25, 0.3) is 0 Å². The Hall–Kier alpha value is -1.71. The summed E-state index contributed by atoms with van der Waals surface area (Å²) in [5, 5.41) is 10.4. The first-order chi connectivity index (χ1) is 10.0. The zero-order valence-electron chi connectivity index (χ0n) is 12.4. The number of aliphatic hydroxyl groups excluding tert-OH is 1. The molecule has 0 amide bonds. The van der Waals surface area contributed by atoms with E-state index in [2.05, 4.69) is 0 Å². The van der Waals surface area contributed by atoms with Crippen LogP contribution in [0, 0.1) is 6.92 Å². The fourth-order valence-electron chi connectivity index (χ4n) is 2.13. The van der Waals surface area contributed by atoms with E-state index in [1.807, 2.05) is 37.3 Å². The molecule has 1 atom stereocenters. The molecule has 0 saturated carbocycles. The van der Waals surface area contributed by atoms with Crippen LogP contribution in [0.1, 0.15) is 29.7 Å². The second-order valence-corrected chi connectivity index (χ2v) is 5.40. The molecule has 0 aromatic heterocycles. The molecule has 3 nitrogen and oxygen atoms in total. The Morgan fingerprint density at radius 2 is 1.90 bits per heavy atom. The van der Waals surface area contributed by atoms with Crippen molar-refractivity contribution in [3.63, 3.8) is 0 Å². The maximum atomic E-state index is 9.81. The van der Waals surface area contributed by atoms with Gasteiger partial charge in [0.1, 0.15) is 18.1 Å². The maximum absolute atomic E-state index is 9.81. The molecule has 0 heterocycles. The second-order valence-electron chi connectivity index (χ2n) is 4.96. The van der Waals surface area contributed by atoms with Crippen molar-refractivity contribution < 1.29 is 14.6 Å². The van der Waals surface area contributed by atoms with Gasteiger partial charge < -0.3 is 14.6 Å². The van der Waals surface area contributed by atoms with E-state index in [4.69, 9.17) is 21.1 Å². The minimum absolute atomic E-state index is 0.326. The third-order valence-electron chi connectivity index (χ3n) is 3.24. The molecule has 0 unspecified atom stereocenters. The minimum atomic E-state index is -0.582. The van der Waals surface area contributed by atoms with E-state index in [1.165, 1.54) is 0 Å². The topological polar surface area (TPSA) is 38.7 Å². The van der Waals surface area contributed by atoms with Crippen molar-refractivity contribution in [1.29, 1.82) is 0 Å². The predicted molar refractivity (Wildman–Crippen MR) is 84.1 cm³/mol. The van der Waals surface area contributed by atoms with Crippen LogP contribution in [-0.2, 0) is 6.61 Å². The van der Waals surface area contributed by atoms with Crippen molar-refractivity contribution in [2.45, 2.75) is 26.6 Å². The monoisotopic (exact) mass is 306 g/mol. The van der Waals surface area contributed by atoms with Crippen molar-refractivity contribution in [2.75, 3.05) is 7.11 Å². The first-order valence-electron chi connectivity index (χ1n) is 6.75. The van der Waals surface area contributed by atoms with E-state index in [1.54, 1.807) is 20.1 Å². The van der Waals surface area contributed by atoms with Gasteiger partial charge in [-0.15, -0.1) is 0 Å². The number of halogens is 1. The van der Waals surface area contributed by atoms with Gasteiger partial charge in [-0.2, -0.15) is 0 Å². The fraction of sp³-hybridized carbons (Fsp3) is 0.294. The number of hydrogen-bond acceptors (Lipinski definition) is 3. The molecular weight excluding hydrogens is 288 g/mol. The molecule has 0 aliphatic rings. The largest absolute Gasteiger partial charge is 0.496 e. The van der Waals surface area contributed by atoms with Crippen LogP contribution in [0.5, 0.6) is 11.5 Å². The first kappa shape index (κ1) is 15.7. The molecule has 1 N–H and O–H groups in total. The SMILES string of the molecule is COc1ccc(Cl)cc1COc1cc(C)ccc1[C@H](C)O. The van der Waals surface area contributed by atoms with E-state index in [9.17, 15) is 5.11 Å².